The molecule has 3 rings (SSSR count). The molecule has 0 radical (unpaired) electrons. The van der Waals surface area contributed by atoms with E-state index in [0.29, 0.717) is 12.2 Å². The summed E-state index contributed by atoms with van der Waals surface area (Å²) in [5.74, 6) is -0.929. The monoisotopic (exact) mass is 445 g/mol. The molecule has 6 nitrogen and oxygen atoms in total. The second kappa shape index (κ2) is 14.3. The lowest BCUT2D eigenvalue weighted by molar-refractivity contribution is -0.0238. The van der Waals surface area contributed by atoms with E-state index in [1.54, 1.807) is 12.3 Å². The maximum absolute atomic E-state index is 11.1. The highest BCUT2D eigenvalue weighted by Gasteiger charge is 2.26. The van der Waals surface area contributed by atoms with E-state index < -0.39 is 5.97 Å². The molecule has 6 heteroatoms. The molecule has 1 saturated carbocycles. The van der Waals surface area contributed by atoms with Gasteiger partial charge in [0.2, 0.25) is 0 Å². The van der Waals surface area contributed by atoms with Gasteiger partial charge in [0.15, 0.2) is 0 Å². The summed E-state index contributed by atoms with van der Waals surface area (Å²) < 4.78 is 6.32. The Morgan fingerprint density at radius 3 is 2.62 bits per heavy atom. The first-order valence-electron chi connectivity index (χ1n) is 12.4. The van der Waals surface area contributed by atoms with Crippen LogP contribution in [0.15, 0.2) is 30.1 Å². The van der Waals surface area contributed by atoms with Gasteiger partial charge in [-0.3, -0.25) is 9.88 Å². The van der Waals surface area contributed by atoms with Gasteiger partial charge in [0.25, 0.3) is 0 Å². The lowest BCUT2D eigenvalue weighted by atomic mass is 9.97. The van der Waals surface area contributed by atoms with Crippen LogP contribution in [0.2, 0.25) is 0 Å². The summed E-state index contributed by atoms with van der Waals surface area (Å²) in [6.07, 6.45) is 14.6. The zero-order valence-corrected chi connectivity index (χ0v) is 20.5. The third-order valence-corrected chi connectivity index (χ3v) is 6.19. The fourth-order valence-corrected chi connectivity index (χ4v) is 4.09. The highest BCUT2D eigenvalue weighted by Crippen LogP contribution is 2.24. The highest BCUT2D eigenvalue weighted by molar-refractivity contribution is 5.87. The third-order valence-electron chi connectivity index (χ3n) is 6.19. The SMILES string of the molecule is C/C(=C\NC(C)c1cc(C(=O)O)ccn1)CN1CCC(OC2CCCCC2)C1.CCCC. The van der Waals surface area contributed by atoms with Crippen molar-refractivity contribution in [3.8, 4) is 0 Å². The maximum atomic E-state index is 11.1. The fourth-order valence-electron chi connectivity index (χ4n) is 4.09. The van der Waals surface area contributed by atoms with Gasteiger partial charge >= 0.3 is 5.97 Å². The Bertz CT molecular complexity index is 714. The molecule has 1 aliphatic heterocycles. The zero-order chi connectivity index (χ0) is 23.3. The number of nitrogens with one attached hydrogen (secondary N) is 1. The number of aromatic carboxylic acids is 1. The van der Waals surface area contributed by atoms with Crippen LogP contribution < -0.4 is 5.32 Å². The first kappa shape index (κ1) is 26.3. The van der Waals surface area contributed by atoms with Crippen molar-refractivity contribution in [2.75, 3.05) is 19.6 Å². The summed E-state index contributed by atoms with van der Waals surface area (Å²) in [5, 5.41) is 12.5. The number of hydrogen-bond acceptors (Lipinski definition) is 5. The van der Waals surface area contributed by atoms with E-state index >= 15 is 0 Å². The first-order chi connectivity index (χ1) is 15.4. The van der Waals surface area contributed by atoms with Crippen LogP contribution in [-0.2, 0) is 4.74 Å². The first-order valence-corrected chi connectivity index (χ1v) is 12.4. The molecule has 2 unspecified atom stereocenters. The van der Waals surface area contributed by atoms with Gasteiger partial charge < -0.3 is 15.2 Å². The Kier molecular flexibility index (Phi) is 11.7. The van der Waals surface area contributed by atoms with Gasteiger partial charge in [-0.1, -0.05) is 46.0 Å². The van der Waals surface area contributed by atoms with Gasteiger partial charge in [-0.05, 0) is 57.0 Å². The van der Waals surface area contributed by atoms with Gasteiger partial charge in [0.05, 0.1) is 29.5 Å². The average Bonchev–Trinajstić information content (AvgIpc) is 3.24. The smallest absolute Gasteiger partial charge is 0.335 e. The van der Waals surface area contributed by atoms with E-state index in [4.69, 9.17) is 9.84 Å². The summed E-state index contributed by atoms with van der Waals surface area (Å²) in [7, 11) is 0. The van der Waals surface area contributed by atoms with Crippen LogP contribution >= 0.6 is 0 Å². The van der Waals surface area contributed by atoms with Gasteiger partial charge in [0, 0.05) is 25.8 Å². The van der Waals surface area contributed by atoms with Gasteiger partial charge in [0.1, 0.15) is 0 Å². The van der Waals surface area contributed by atoms with Gasteiger partial charge in [-0.2, -0.15) is 0 Å². The highest BCUT2D eigenvalue weighted by atomic mass is 16.5. The Morgan fingerprint density at radius 2 is 1.97 bits per heavy atom. The Hall–Kier alpha value is -1.92. The van der Waals surface area contributed by atoms with Crippen molar-refractivity contribution in [1.82, 2.24) is 15.2 Å². The lowest BCUT2D eigenvalue weighted by Gasteiger charge is -2.25. The van der Waals surface area contributed by atoms with Crippen molar-refractivity contribution >= 4 is 5.97 Å². The second-order valence-electron chi connectivity index (χ2n) is 9.20. The average molecular weight is 446 g/mol. The molecule has 0 spiro atoms. The van der Waals surface area contributed by atoms with Crippen LogP contribution in [0, 0.1) is 0 Å². The number of hydrogen-bond donors (Lipinski definition) is 2. The van der Waals surface area contributed by atoms with Crippen LogP contribution in [-0.4, -0.2) is 52.8 Å². The molecule has 2 fully saturated rings. The molecule has 180 valence electrons. The number of carbonyl (C=O) groups is 1. The van der Waals surface area contributed by atoms with Crippen molar-refractivity contribution in [3.63, 3.8) is 0 Å². The van der Waals surface area contributed by atoms with Gasteiger partial charge in [-0.15, -0.1) is 0 Å². The molecule has 1 aromatic heterocycles. The van der Waals surface area contributed by atoms with E-state index in [2.05, 4.69) is 36.0 Å². The number of unbranched alkanes of at least 4 members (excludes halogenated alkanes) is 1. The summed E-state index contributed by atoms with van der Waals surface area (Å²) in [5.41, 5.74) is 2.24. The van der Waals surface area contributed by atoms with Crippen molar-refractivity contribution in [1.29, 1.82) is 0 Å². The minimum atomic E-state index is -0.929. The zero-order valence-electron chi connectivity index (χ0n) is 20.5. The topological polar surface area (TPSA) is 74.7 Å². The lowest BCUT2D eigenvalue weighted by Crippen LogP contribution is -2.29. The fraction of sp³-hybridized carbons (Fsp3) is 0.692. The molecular weight excluding hydrogens is 402 g/mol. The Labute approximate surface area is 194 Å². The molecule has 0 bridgehead atoms. The van der Waals surface area contributed by atoms with Crippen molar-refractivity contribution < 1.29 is 14.6 Å². The molecule has 1 aromatic rings. The predicted molar refractivity (Wildman–Crippen MR) is 130 cm³/mol. The van der Waals surface area contributed by atoms with Crippen molar-refractivity contribution in [2.24, 2.45) is 0 Å². The van der Waals surface area contributed by atoms with E-state index in [0.717, 1.165) is 31.7 Å². The van der Waals surface area contributed by atoms with E-state index in [-0.39, 0.29) is 11.6 Å². The number of pyridine rings is 1. The van der Waals surface area contributed by atoms with E-state index in [1.807, 2.05) is 13.1 Å². The number of likely N-dealkylation sites (tertiary alicyclic amines) is 1. The largest absolute Gasteiger partial charge is 0.478 e. The van der Waals surface area contributed by atoms with E-state index in [1.165, 1.54) is 56.6 Å². The van der Waals surface area contributed by atoms with Crippen molar-refractivity contribution in [3.05, 3.63) is 41.4 Å². The molecule has 2 N–H and O–H groups in total. The van der Waals surface area contributed by atoms with Crippen LogP contribution in [0.4, 0.5) is 0 Å². The molecule has 0 amide bonds. The molecular formula is C26H43N3O3. The molecule has 32 heavy (non-hydrogen) atoms. The van der Waals surface area contributed by atoms with Crippen LogP contribution in [0.1, 0.15) is 101 Å². The summed E-state index contributed by atoms with van der Waals surface area (Å²) >= 11 is 0. The molecule has 2 aliphatic rings. The number of rotatable bonds is 9. The second-order valence-corrected chi connectivity index (χ2v) is 9.20. The number of ether oxygens (including phenoxy) is 1. The maximum Gasteiger partial charge on any atom is 0.335 e. The number of aromatic nitrogens is 1. The van der Waals surface area contributed by atoms with Gasteiger partial charge in [-0.25, -0.2) is 4.79 Å². The molecule has 1 saturated heterocycles. The normalized spacial score (nSPS) is 21.0. The van der Waals surface area contributed by atoms with E-state index in [9.17, 15) is 4.79 Å². The molecule has 2 atom stereocenters. The molecule has 1 aliphatic carbocycles. The standard InChI is InChI=1S/C22H33N3O3.C4H10/c1-16(13-24-17(2)21-12-18(22(26)27)8-10-23-21)14-25-11-9-20(15-25)28-19-6-4-3-5-7-19;1-3-4-2/h8,10,12-13,17,19-20,24H,3-7,9,11,14-15H2,1-2H3,(H,26,27);3-4H2,1-2H3/b16-13+;. The Morgan fingerprint density at radius 1 is 1.25 bits per heavy atom. The summed E-state index contributed by atoms with van der Waals surface area (Å²) in [4.78, 5) is 17.9. The molecule has 2 heterocycles. The summed E-state index contributed by atoms with van der Waals surface area (Å²) in [6.45, 7) is 11.5. The minimum absolute atomic E-state index is 0.0461. The van der Waals surface area contributed by atoms with Crippen LogP contribution in [0.25, 0.3) is 0 Å². The number of nitrogens with zero attached hydrogens (tertiary/aromatic N) is 2. The Balaban J connectivity index is 0.000000837. The summed E-state index contributed by atoms with van der Waals surface area (Å²) in [6, 6.07) is 3.09. The third kappa shape index (κ3) is 9.29. The quantitative estimate of drug-likeness (QED) is 0.518. The minimum Gasteiger partial charge on any atom is -0.478 e. The van der Waals surface area contributed by atoms with Crippen molar-refractivity contribution in [2.45, 2.75) is 97.3 Å². The van der Waals surface area contributed by atoms with Crippen LogP contribution in [0.3, 0.4) is 0 Å². The molecule has 0 aromatic carbocycles. The number of carboxylic acid groups (broad SMARTS) is 1. The number of carboxylic acids is 1. The predicted octanol–water partition coefficient (Wildman–Crippen LogP) is 5.56. The van der Waals surface area contributed by atoms with Crippen LogP contribution in [0.5, 0.6) is 0 Å².